The molecule has 2 heterocycles. The number of aromatic nitrogens is 1. The van der Waals surface area contributed by atoms with Crippen LogP contribution in [0.3, 0.4) is 0 Å². The van der Waals surface area contributed by atoms with Gasteiger partial charge in [0.15, 0.2) is 27.8 Å². The molecule has 0 aliphatic carbocycles. The van der Waals surface area contributed by atoms with Crippen LogP contribution in [0.1, 0.15) is 37.9 Å². The van der Waals surface area contributed by atoms with E-state index in [0.717, 1.165) is 0 Å². The third-order valence-electron chi connectivity index (χ3n) is 5.82. The third kappa shape index (κ3) is 4.97. The lowest BCUT2D eigenvalue weighted by Gasteiger charge is -2.25. The number of phenolic OH excluding ortho intramolecular Hbond substituents is 1. The molecule has 10 heteroatoms. The third-order valence-corrected chi connectivity index (χ3v) is 6.80. The highest BCUT2D eigenvalue weighted by Gasteiger charge is 2.34. The van der Waals surface area contributed by atoms with Crippen LogP contribution in [0, 0.1) is 0 Å². The first kappa shape index (κ1) is 26.0. The molecule has 0 fully saturated rings. The van der Waals surface area contributed by atoms with Crippen LogP contribution in [-0.4, -0.2) is 43.1 Å². The van der Waals surface area contributed by atoms with Crippen molar-refractivity contribution in [3.05, 3.63) is 78.5 Å². The summed E-state index contributed by atoms with van der Waals surface area (Å²) in [6, 6.07) is 9.40. The van der Waals surface area contributed by atoms with Crippen molar-refractivity contribution in [3.8, 4) is 23.0 Å². The monoisotopic (exact) mass is 524 g/mol. The normalized spacial score (nSPS) is 15.2. The van der Waals surface area contributed by atoms with Gasteiger partial charge in [0.05, 0.1) is 49.3 Å². The molecule has 0 bridgehead atoms. The van der Waals surface area contributed by atoms with Crippen molar-refractivity contribution in [1.29, 1.82) is 0 Å². The van der Waals surface area contributed by atoms with E-state index in [4.69, 9.17) is 18.9 Å². The zero-order valence-corrected chi connectivity index (χ0v) is 22.0. The van der Waals surface area contributed by atoms with Crippen LogP contribution in [0.4, 0.5) is 0 Å². The number of carbonyl (C=O) groups excluding carboxylic acids is 1. The van der Waals surface area contributed by atoms with E-state index in [1.54, 1.807) is 57.4 Å². The number of phenols is 1. The standard InChI is InChI=1S/C27H28N2O7S/c1-6-35-21-14-17(9-11-20(21)34-5)24-23(26(32)36-7-2)15(3)28-27-29(24)25(31)22(37-27)13-16-8-10-19(33-4)18(30)12-16/h8-14,24,30H,6-7H2,1-5H3/t24-/m0/s1. The second-order valence-electron chi connectivity index (χ2n) is 8.08. The van der Waals surface area contributed by atoms with Crippen molar-refractivity contribution in [3.63, 3.8) is 0 Å². The lowest BCUT2D eigenvalue weighted by atomic mass is 9.95. The Labute approximate surface area is 217 Å². The highest BCUT2D eigenvalue weighted by molar-refractivity contribution is 7.07. The summed E-state index contributed by atoms with van der Waals surface area (Å²) < 4.78 is 23.5. The van der Waals surface area contributed by atoms with Gasteiger partial charge in [0.2, 0.25) is 0 Å². The number of ether oxygens (including phenoxy) is 4. The predicted molar refractivity (Wildman–Crippen MR) is 139 cm³/mol. The number of rotatable bonds is 8. The minimum Gasteiger partial charge on any atom is -0.504 e. The van der Waals surface area contributed by atoms with Crippen LogP contribution in [0.2, 0.25) is 0 Å². The van der Waals surface area contributed by atoms with Crippen LogP contribution in [0.5, 0.6) is 23.0 Å². The van der Waals surface area contributed by atoms with E-state index in [-0.39, 0.29) is 23.5 Å². The van der Waals surface area contributed by atoms with E-state index in [2.05, 4.69) is 4.99 Å². The van der Waals surface area contributed by atoms with E-state index < -0.39 is 12.0 Å². The maximum atomic E-state index is 13.7. The van der Waals surface area contributed by atoms with Gasteiger partial charge in [-0.1, -0.05) is 23.5 Å². The van der Waals surface area contributed by atoms with Gasteiger partial charge in [0.1, 0.15) is 0 Å². The summed E-state index contributed by atoms with van der Waals surface area (Å²) in [5.41, 5.74) is 1.68. The van der Waals surface area contributed by atoms with E-state index in [9.17, 15) is 14.7 Å². The van der Waals surface area contributed by atoms with Crippen molar-refractivity contribution in [2.24, 2.45) is 4.99 Å². The molecule has 0 unspecified atom stereocenters. The Morgan fingerprint density at radius 1 is 1.08 bits per heavy atom. The first-order valence-electron chi connectivity index (χ1n) is 11.7. The van der Waals surface area contributed by atoms with Crippen molar-refractivity contribution >= 4 is 23.4 Å². The Hall–Kier alpha value is -4.05. The minimum absolute atomic E-state index is 0.0379. The second-order valence-corrected chi connectivity index (χ2v) is 9.09. The number of nitrogens with zero attached hydrogens (tertiary/aromatic N) is 2. The molecule has 1 N–H and O–H groups in total. The number of esters is 1. The molecule has 37 heavy (non-hydrogen) atoms. The number of allylic oxidation sites excluding steroid dienone is 1. The number of fused-ring (bicyclic) bond motifs is 1. The van der Waals surface area contributed by atoms with Crippen LogP contribution >= 0.6 is 11.3 Å². The molecule has 1 aliphatic rings. The van der Waals surface area contributed by atoms with Gasteiger partial charge in [0, 0.05) is 0 Å². The molecule has 1 aliphatic heterocycles. The quantitative estimate of drug-likeness (QED) is 0.452. The van der Waals surface area contributed by atoms with Gasteiger partial charge >= 0.3 is 5.97 Å². The van der Waals surface area contributed by atoms with Gasteiger partial charge in [-0.25, -0.2) is 9.79 Å². The van der Waals surface area contributed by atoms with Gasteiger partial charge < -0.3 is 24.1 Å². The van der Waals surface area contributed by atoms with Crippen LogP contribution < -0.4 is 29.1 Å². The Balaban J connectivity index is 1.94. The summed E-state index contributed by atoms with van der Waals surface area (Å²) in [5, 5.41) is 10.2. The van der Waals surface area contributed by atoms with Crippen molar-refractivity contribution in [1.82, 2.24) is 4.57 Å². The lowest BCUT2D eigenvalue weighted by molar-refractivity contribution is -0.139. The first-order chi connectivity index (χ1) is 17.8. The predicted octanol–water partition coefficient (Wildman–Crippen LogP) is 2.92. The fraction of sp³-hybridized carbons (Fsp3) is 0.296. The summed E-state index contributed by atoms with van der Waals surface area (Å²) in [4.78, 5) is 31.9. The number of methoxy groups -OCH3 is 2. The van der Waals surface area contributed by atoms with E-state index in [1.165, 1.54) is 29.1 Å². The number of carbonyl (C=O) groups is 1. The fourth-order valence-corrected chi connectivity index (χ4v) is 5.23. The minimum atomic E-state index is -0.785. The molecule has 1 aromatic heterocycles. The molecule has 1 atom stereocenters. The number of thiazole rings is 1. The van der Waals surface area contributed by atoms with E-state index in [1.807, 2.05) is 6.92 Å². The number of benzene rings is 2. The van der Waals surface area contributed by atoms with Gasteiger partial charge in [-0.2, -0.15) is 0 Å². The zero-order valence-electron chi connectivity index (χ0n) is 21.2. The van der Waals surface area contributed by atoms with Crippen LogP contribution in [-0.2, 0) is 9.53 Å². The Bertz CT molecular complexity index is 1550. The van der Waals surface area contributed by atoms with Crippen LogP contribution in [0.25, 0.3) is 6.08 Å². The van der Waals surface area contributed by atoms with Gasteiger partial charge in [-0.15, -0.1) is 0 Å². The smallest absolute Gasteiger partial charge is 0.338 e. The Morgan fingerprint density at radius 3 is 2.46 bits per heavy atom. The summed E-state index contributed by atoms with van der Waals surface area (Å²) in [6.07, 6.45) is 1.67. The van der Waals surface area contributed by atoms with Crippen molar-refractivity contribution in [2.45, 2.75) is 26.8 Å². The fourth-order valence-electron chi connectivity index (χ4n) is 4.19. The zero-order chi connectivity index (χ0) is 26.7. The van der Waals surface area contributed by atoms with Gasteiger partial charge in [0.25, 0.3) is 5.56 Å². The molecular weight excluding hydrogens is 496 g/mol. The summed E-state index contributed by atoms with van der Waals surface area (Å²) >= 11 is 1.20. The molecule has 0 saturated carbocycles. The molecule has 0 saturated heterocycles. The highest BCUT2D eigenvalue weighted by Crippen LogP contribution is 2.36. The molecule has 194 valence electrons. The molecule has 9 nitrogen and oxygen atoms in total. The van der Waals surface area contributed by atoms with Crippen LogP contribution in [0.15, 0.2) is 57.5 Å². The molecule has 3 aromatic rings. The highest BCUT2D eigenvalue weighted by atomic mass is 32.1. The maximum absolute atomic E-state index is 13.7. The van der Waals surface area contributed by atoms with Crippen molar-refractivity contribution < 1.29 is 28.8 Å². The van der Waals surface area contributed by atoms with E-state index >= 15 is 0 Å². The average molecular weight is 525 g/mol. The summed E-state index contributed by atoms with van der Waals surface area (Å²) in [6.45, 7) is 5.91. The Morgan fingerprint density at radius 2 is 1.81 bits per heavy atom. The lowest BCUT2D eigenvalue weighted by Crippen LogP contribution is -2.40. The van der Waals surface area contributed by atoms with E-state index in [0.29, 0.717) is 50.0 Å². The molecule has 2 aromatic carbocycles. The van der Waals surface area contributed by atoms with Crippen molar-refractivity contribution in [2.75, 3.05) is 27.4 Å². The maximum Gasteiger partial charge on any atom is 0.338 e. The molecule has 0 radical (unpaired) electrons. The number of hydrogen-bond acceptors (Lipinski definition) is 9. The molecular formula is C27H28N2O7S. The SMILES string of the molecule is CCOC(=O)C1=C(C)N=c2sc(=Cc3ccc(OC)c(O)c3)c(=O)n2[C@H]1c1ccc(OC)c(OCC)c1. The molecule has 4 rings (SSSR count). The molecule has 0 amide bonds. The molecule has 0 spiro atoms. The number of aromatic hydroxyl groups is 1. The second kappa shape index (κ2) is 10.9. The average Bonchev–Trinajstić information content (AvgIpc) is 3.17. The summed E-state index contributed by atoms with van der Waals surface area (Å²) in [7, 11) is 3.01. The van der Waals surface area contributed by atoms with Gasteiger partial charge in [-0.3, -0.25) is 9.36 Å². The summed E-state index contributed by atoms with van der Waals surface area (Å²) in [5.74, 6) is 0.783. The Kier molecular flexibility index (Phi) is 7.68. The number of hydrogen-bond donors (Lipinski definition) is 1. The van der Waals surface area contributed by atoms with Gasteiger partial charge in [-0.05, 0) is 62.2 Å². The first-order valence-corrected chi connectivity index (χ1v) is 12.5. The topological polar surface area (TPSA) is 109 Å². The largest absolute Gasteiger partial charge is 0.504 e.